The molecule has 2 aromatic carbocycles. The molecule has 0 unspecified atom stereocenters. The van der Waals surface area contributed by atoms with E-state index in [1.54, 1.807) is 0 Å². The molecule has 3 nitrogen and oxygen atoms in total. The Morgan fingerprint density at radius 1 is 0.944 bits per heavy atom. The fourth-order valence-corrected chi connectivity index (χ4v) is 1.99. The zero-order chi connectivity index (χ0) is 12.5. The second-order valence-corrected chi connectivity index (χ2v) is 4.08. The Morgan fingerprint density at radius 3 is 2.33 bits per heavy atom. The van der Waals surface area contributed by atoms with Crippen LogP contribution in [0.15, 0.2) is 59.0 Å². The largest absolute Gasteiger partial charge is 0.452 e. The Morgan fingerprint density at radius 2 is 1.61 bits per heavy atom. The smallest absolute Gasteiger partial charge is 0.176 e. The van der Waals surface area contributed by atoms with Crippen molar-refractivity contribution in [2.75, 3.05) is 5.73 Å². The fraction of sp³-hybridized carbons (Fsp3) is 0. The Labute approximate surface area is 104 Å². The first kappa shape index (κ1) is 10.6. The van der Waals surface area contributed by atoms with Gasteiger partial charge in [0, 0.05) is 10.9 Å². The van der Waals surface area contributed by atoms with Gasteiger partial charge in [-0.3, -0.25) is 5.41 Å². The Bertz CT molecular complexity index is 714. The molecule has 3 aromatic rings. The molecule has 0 bridgehead atoms. The molecule has 1 aromatic heterocycles. The second-order valence-electron chi connectivity index (χ2n) is 4.08. The van der Waals surface area contributed by atoms with Crippen LogP contribution in [0.1, 0.15) is 11.3 Å². The van der Waals surface area contributed by atoms with E-state index in [2.05, 4.69) is 0 Å². The van der Waals surface area contributed by atoms with Gasteiger partial charge in [0.05, 0.1) is 5.69 Å². The maximum Gasteiger partial charge on any atom is 0.176 e. The van der Waals surface area contributed by atoms with Crippen LogP contribution in [0.4, 0.5) is 5.69 Å². The van der Waals surface area contributed by atoms with E-state index in [1.807, 2.05) is 54.6 Å². The molecular formula is C15H12N2O. The highest BCUT2D eigenvalue weighted by atomic mass is 16.3. The molecule has 0 saturated carbocycles. The van der Waals surface area contributed by atoms with E-state index in [9.17, 15) is 0 Å². The number of nitrogen functional groups attached to an aromatic ring is 1. The van der Waals surface area contributed by atoms with Crippen molar-refractivity contribution in [3.05, 3.63) is 65.9 Å². The topological polar surface area (TPSA) is 63.0 Å². The van der Waals surface area contributed by atoms with Crippen LogP contribution in [-0.2, 0) is 0 Å². The van der Waals surface area contributed by atoms with Crippen molar-refractivity contribution in [1.29, 1.82) is 5.41 Å². The number of para-hydroxylation sites is 1. The molecule has 3 rings (SSSR count). The van der Waals surface area contributed by atoms with Gasteiger partial charge >= 0.3 is 0 Å². The summed E-state index contributed by atoms with van der Waals surface area (Å²) in [6, 6.07) is 17.0. The van der Waals surface area contributed by atoms with Gasteiger partial charge in [0.25, 0.3) is 0 Å². The molecule has 0 radical (unpaired) electrons. The number of fused-ring (bicyclic) bond motifs is 1. The number of hydrogen-bond acceptors (Lipinski definition) is 3. The van der Waals surface area contributed by atoms with E-state index in [0.717, 1.165) is 10.9 Å². The number of hydrogen-bond donors (Lipinski definition) is 2. The highest BCUT2D eigenvalue weighted by Crippen LogP contribution is 2.29. The quantitative estimate of drug-likeness (QED) is 0.669. The molecule has 3 heteroatoms. The summed E-state index contributed by atoms with van der Waals surface area (Å²) in [5.41, 5.74) is 8.39. The van der Waals surface area contributed by atoms with Gasteiger partial charge in [0.1, 0.15) is 11.3 Å². The zero-order valence-electron chi connectivity index (χ0n) is 9.68. The lowest BCUT2D eigenvalue weighted by Crippen LogP contribution is -2.02. The lowest BCUT2D eigenvalue weighted by Gasteiger charge is -2.01. The van der Waals surface area contributed by atoms with Gasteiger partial charge in [-0.15, -0.1) is 0 Å². The minimum Gasteiger partial charge on any atom is -0.452 e. The summed E-state index contributed by atoms with van der Waals surface area (Å²) in [7, 11) is 0. The van der Waals surface area contributed by atoms with Crippen molar-refractivity contribution in [3.63, 3.8) is 0 Å². The fourth-order valence-electron chi connectivity index (χ4n) is 1.99. The normalized spacial score (nSPS) is 10.7. The van der Waals surface area contributed by atoms with E-state index in [0.29, 0.717) is 22.7 Å². The molecule has 1 heterocycles. The third-order valence-corrected chi connectivity index (χ3v) is 2.92. The monoisotopic (exact) mass is 236 g/mol. The Hall–Kier alpha value is -2.55. The average molecular weight is 236 g/mol. The molecule has 88 valence electrons. The molecule has 0 aliphatic heterocycles. The minimum absolute atomic E-state index is 0.310. The van der Waals surface area contributed by atoms with E-state index in [4.69, 9.17) is 15.6 Å². The van der Waals surface area contributed by atoms with Crippen LogP contribution in [0.25, 0.3) is 11.0 Å². The predicted octanol–water partition coefficient (Wildman–Crippen LogP) is 3.43. The summed E-state index contributed by atoms with van der Waals surface area (Å²) in [5.74, 6) is 0.433. The highest BCUT2D eigenvalue weighted by molar-refractivity contribution is 6.15. The summed E-state index contributed by atoms with van der Waals surface area (Å²) in [6.45, 7) is 0. The summed E-state index contributed by atoms with van der Waals surface area (Å²) in [6.07, 6.45) is 0. The number of rotatable bonds is 2. The first-order valence-electron chi connectivity index (χ1n) is 5.68. The SMILES string of the molecule is N=C(c1ccccc1)c1oc2ccccc2c1N. The molecule has 0 amide bonds. The van der Waals surface area contributed by atoms with Crippen molar-refractivity contribution >= 4 is 22.4 Å². The van der Waals surface area contributed by atoms with E-state index in [-0.39, 0.29) is 0 Å². The molecule has 0 spiro atoms. The van der Waals surface area contributed by atoms with Gasteiger partial charge in [-0.1, -0.05) is 42.5 Å². The lowest BCUT2D eigenvalue weighted by atomic mass is 10.1. The van der Waals surface area contributed by atoms with E-state index >= 15 is 0 Å². The number of furan rings is 1. The summed E-state index contributed by atoms with van der Waals surface area (Å²) in [5, 5.41) is 9.03. The van der Waals surface area contributed by atoms with E-state index < -0.39 is 0 Å². The van der Waals surface area contributed by atoms with Gasteiger partial charge < -0.3 is 10.2 Å². The van der Waals surface area contributed by atoms with Crippen LogP contribution in [0.5, 0.6) is 0 Å². The van der Waals surface area contributed by atoms with Crippen LogP contribution in [0.3, 0.4) is 0 Å². The number of benzene rings is 2. The maximum atomic E-state index is 8.17. The van der Waals surface area contributed by atoms with Gasteiger partial charge in [-0.25, -0.2) is 0 Å². The number of nitrogens with two attached hydrogens (primary N) is 1. The molecule has 18 heavy (non-hydrogen) atoms. The minimum atomic E-state index is 0.310. The molecular weight excluding hydrogens is 224 g/mol. The molecule has 0 fully saturated rings. The summed E-state index contributed by atoms with van der Waals surface area (Å²) < 4.78 is 5.67. The zero-order valence-corrected chi connectivity index (χ0v) is 9.68. The van der Waals surface area contributed by atoms with Crippen LogP contribution in [0, 0.1) is 5.41 Å². The van der Waals surface area contributed by atoms with Gasteiger partial charge in [0.2, 0.25) is 0 Å². The van der Waals surface area contributed by atoms with Crippen LogP contribution < -0.4 is 5.73 Å². The van der Waals surface area contributed by atoms with Crippen LogP contribution in [-0.4, -0.2) is 5.71 Å². The molecule has 0 saturated heterocycles. The van der Waals surface area contributed by atoms with Crippen molar-refractivity contribution in [2.24, 2.45) is 0 Å². The van der Waals surface area contributed by atoms with Crippen molar-refractivity contribution < 1.29 is 4.42 Å². The molecule has 0 atom stereocenters. The molecule has 0 aliphatic rings. The van der Waals surface area contributed by atoms with Gasteiger partial charge in [-0.2, -0.15) is 0 Å². The number of nitrogens with one attached hydrogen (secondary N) is 1. The third-order valence-electron chi connectivity index (χ3n) is 2.92. The highest BCUT2D eigenvalue weighted by Gasteiger charge is 2.16. The average Bonchev–Trinajstić information content (AvgIpc) is 2.77. The lowest BCUT2D eigenvalue weighted by molar-refractivity contribution is 0.606. The Kier molecular flexibility index (Phi) is 2.38. The summed E-state index contributed by atoms with van der Waals surface area (Å²) in [4.78, 5) is 0. The maximum absolute atomic E-state index is 8.17. The third kappa shape index (κ3) is 1.57. The molecule has 3 N–H and O–H groups in total. The number of anilines is 1. The van der Waals surface area contributed by atoms with Gasteiger partial charge in [-0.05, 0) is 12.1 Å². The van der Waals surface area contributed by atoms with Gasteiger partial charge in [0.15, 0.2) is 5.76 Å². The van der Waals surface area contributed by atoms with Crippen LogP contribution >= 0.6 is 0 Å². The van der Waals surface area contributed by atoms with Crippen molar-refractivity contribution in [1.82, 2.24) is 0 Å². The predicted molar refractivity (Wildman–Crippen MR) is 73.0 cm³/mol. The van der Waals surface area contributed by atoms with Crippen molar-refractivity contribution in [2.45, 2.75) is 0 Å². The second kappa shape index (κ2) is 4.04. The van der Waals surface area contributed by atoms with Crippen molar-refractivity contribution in [3.8, 4) is 0 Å². The first-order valence-corrected chi connectivity index (χ1v) is 5.68. The first-order chi connectivity index (χ1) is 8.77. The Balaban J connectivity index is 2.15. The van der Waals surface area contributed by atoms with Crippen LogP contribution in [0.2, 0.25) is 0 Å². The standard InChI is InChI=1S/C15H12N2O/c16-13(10-6-2-1-3-7-10)15-14(17)11-8-4-5-9-12(11)18-15/h1-9,16H,17H2. The molecule has 0 aliphatic carbocycles. The summed E-state index contributed by atoms with van der Waals surface area (Å²) >= 11 is 0. The van der Waals surface area contributed by atoms with E-state index in [1.165, 1.54) is 0 Å².